The number of benzene rings is 1. The van der Waals surface area contributed by atoms with Crippen LogP contribution >= 0.6 is 0 Å². The molecule has 4 heteroatoms. The van der Waals surface area contributed by atoms with Crippen LogP contribution in [-0.4, -0.2) is 29.8 Å². The predicted octanol–water partition coefficient (Wildman–Crippen LogP) is 1.73. The van der Waals surface area contributed by atoms with Gasteiger partial charge in [-0.3, -0.25) is 9.59 Å². The summed E-state index contributed by atoms with van der Waals surface area (Å²) in [5, 5.41) is 2.83. The Bertz CT molecular complexity index is 496. The van der Waals surface area contributed by atoms with Crippen LogP contribution in [0.2, 0.25) is 0 Å². The van der Waals surface area contributed by atoms with Gasteiger partial charge in [-0.15, -0.1) is 0 Å². The minimum Gasteiger partial charge on any atom is -0.352 e. The van der Waals surface area contributed by atoms with Crippen LogP contribution in [-0.2, 0) is 16.1 Å². The SMILES string of the molecule is C/C=C\C(=O)NCC1CC(=O)N(Cc2ccccc2)C1. The van der Waals surface area contributed by atoms with Gasteiger partial charge in [-0.05, 0) is 18.6 Å². The molecule has 2 rings (SSSR count). The van der Waals surface area contributed by atoms with Gasteiger partial charge in [-0.25, -0.2) is 0 Å². The van der Waals surface area contributed by atoms with Crippen molar-refractivity contribution in [3.05, 3.63) is 48.0 Å². The van der Waals surface area contributed by atoms with Gasteiger partial charge in [0.25, 0.3) is 0 Å². The smallest absolute Gasteiger partial charge is 0.243 e. The Hall–Kier alpha value is -2.10. The Kier molecular flexibility index (Phi) is 4.93. The van der Waals surface area contributed by atoms with Crippen molar-refractivity contribution in [1.29, 1.82) is 0 Å². The molecule has 1 unspecified atom stereocenters. The third kappa shape index (κ3) is 3.95. The van der Waals surface area contributed by atoms with E-state index in [-0.39, 0.29) is 17.7 Å². The molecule has 0 bridgehead atoms. The van der Waals surface area contributed by atoms with E-state index in [2.05, 4.69) is 5.32 Å². The van der Waals surface area contributed by atoms with E-state index in [9.17, 15) is 9.59 Å². The number of rotatable bonds is 5. The van der Waals surface area contributed by atoms with Crippen molar-refractivity contribution in [3.63, 3.8) is 0 Å². The van der Waals surface area contributed by atoms with E-state index in [0.29, 0.717) is 26.1 Å². The van der Waals surface area contributed by atoms with E-state index in [1.54, 1.807) is 13.0 Å². The lowest BCUT2D eigenvalue weighted by Crippen LogP contribution is -2.30. The molecule has 20 heavy (non-hydrogen) atoms. The number of nitrogens with zero attached hydrogens (tertiary/aromatic N) is 1. The molecular weight excluding hydrogens is 252 g/mol. The summed E-state index contributed by atoms with van der Waals surface area (Å²) >= 11 is 0. The summed E-state index contributed by atoms with van der Waals surface area (Å²) in [5.41, 5.74) is 1.14. The number of likely N-dealkylation sites (tertiary alicyclic amines) is 1. The molecule has 1 aliphatic rings. The average molecular weight is 272 g/mol. The monoisotopic (exact) mass is 272 g/mol. The average Bonchev–Trinajstić information content (AvgIpc) is 2.79. The molecule has 1 fully saturated rings. The quantitative estimate of drug-likeness (QED) is 0.830. The van der Waals surface area contributed by atoms with Gasteiger partial charge in [0.15, 0.2) is 0 Å². The molecule has 106 valence electrons. The maximum absolute atomic E-state index is 12.0. The summed E-state index contributed by atoms with van der Waals surface area (Å²) in [6.07, 6.45) is 3.72. The zero-order valence-corrected chi connectivity index (χ0v) is 11.7. The summed E-state index contributed by atoms with van der Waals surface area (Å²) in [4.78, 5) is 25.2. The van der Waals surface area contributed by atoms with Crippen LogP contribution in [0.5, 0.6) is 0 Å². The molecule has 1 heterocycles. The summed E-state index contributed by atoms with van der Waals surface area (Å²) in [6, 6.07) is 9.97. The van der Waals surface area contributed by atoms with Gasteiger partial charge < -0.3 is 10.2 Å². The van der Waals surface area contributed by atoms with Gasteiger partial charge in [0, 0.05) is 32.0 Å². The number of allylic oxidation sites excluding steroid dienone is 1. The second-order valence-electron chi connectivity index (χ2n) is 5.08. The van der Waals surface area contributed by atoms with Crippen molar-refractivity contribution in [1.82, 2.24) is 10.2 Å². The first kappa shape index (κ1) is 14.3. The summed E-state index contributed by atoms with van der Waals surface area (Å²) in [6.45, 7) is 3.73. The first-order valence-corrected chi connectivity index (χ1v) is 6.91. The van der Waals surface area contributed by atoms with Crippen LogP contribution in [0.15, 0.2) is 42.5 Å². The molecule has 0 aromatic heterocycles. The van der Waals surface area contributed by atoms with Crippen molar-refractivity contribution < 1.29 is 9.59 Å². The fraction of sp³-hybridized carbons (Fsp3) is 0.375. The summed E-state index contributed by atoms with van der Waals surface area (Å²) in [5.74, 6) is 0.279. The Morgan fingerprint density at radius 2 is 2.15 bits per heavy atom. The molecular formula is C16H20N2O2. The van der Waals surface area contributed by atoms with Crippen molar-refractivity contribution in [2.75, 3.05) is 13.1 Å². The number of hydrogen-bond acceptors (Lipinski definition) is 2. The lowest BCUT2D eigenvalue weighted by molar-refractivity contribution is -0.128. The molecule has 1 aromatic rings. The summed E-state index contributed by atoms with van der Waals surface area (Å²) in [7, 11) is 0. The van der Waals surface area contributed by atoms with Gasteiger partial charge in [-0.2, -0.15) is 0 Å². The highest BCUT2D eigenvalue weighted by molar-refractivity contribution is 5.87. The third-order valence-electron chi connectivity index (χ3n) is 3.39. The number of carbonyl (C=O) groups excluding carboxylic acids is 2. The molecule has 0 spiro atoms. The van der Waals surface area contributed by atoms with Crippen molar-refractivity contribution >= 4 is 11.8 Å². The molecule has 1 aromatic carbocycles. The van der Waals surface area contributed by atoms with Crippen LogP contribution in [0.25, 0.3) is 0 Å². The van der Waals surface area contributed by atoms with Crippen molar-refractivity contribution in [2.24, 2.45) is 5.92 Å². The Labute approximate surface area is 119 Å². The summed E-state index contributed by atoms with van der Waals surface area (Å²) < 4.78 is 0. The predicted molar refractivity (Wildman–Crippen MR) is 77.8 cm³/mol. The number of carbonyl (C=O) groups is 2. The molecule has 1 atom stereocenters. The standard InChI is InChI=1S/C16H20N2O2/c1-2-6-15(19)17-10-14-9-16(20)18(12-14)11-13-7-4-3-5-8-13/h2-8,14H,9-12H2,1H3,(H,17,19)/b6-2-. The third-order valence-corrected chi connectivity index (χ3v) is 3.39. The van der Waals surface area contributed by atoms with Gasteiger partial charge in [0.2, 0.25) is 11.8 Å². The highest BCUT2D eigenvalue weighted by Gasteiger charge is 2.29. The maximum atomic E-state index is 12.0. The van der Waals surface area contributed by atoms with Crippen LogP contribution in [0.1, 0.15) is 18.9 Å². The lowest BCUT2D eigenvalue weighted by Gasteiger charge is -2.16. The topological polar surface area (TPSA) is 49.4 Å². The van der Waals surface area contributed by atoms with Crippen molar-refractivity contribution in [2.45, 2.75) is 19.9 Å². The zero-order chi connectivity index (χ0) is 14.4. The molecule has 1 aliphatic heterocycles. The Balaban J connectivity index is 1.83. The zero-order valence-electron chi connectivity index (χ0n) is 11.7. The minimum atomic E-state index is -0.0959. The van der Waals surface area contributed by atoms with E-state index in [1.165, 1.54) is 6.08 Å². The van der Waals surface area contributed by atoms with Crippen LogP contribution in [0.4, 0.5) is 0 Å². The minimum absolute atomic E-state index is 0.0959. The van der Waals surface area contributed by atoms with Crippen LogP contribution < -0.4 is 5.32 Å². The van der Waals surface area contributed by atoms with Crippen molar-refractivity contribution in [3.8, 4) is 0 Å². The Morgan fingerprint density at radius 1 is 1.40 bits per heavy atom. The second kappa shape index (κ2) is 6.89. The maximum Gasteiger partial charge on any atom is 0.243 e. The Morgan fingerprint density at radius 3 is 2.85 bits per heavy atom. The fourth-order valence-corrected chi connectivity index (χ4v) is 2.40. The van der Waals surface area contributed by atoms with Gasteiger partial charge in [0.05, 0.1) is 0 Å². The number of nitrogens with one attached hydrogen (secondary N) is 1. The highest BCUT2D eigenvalue weighted by atomic mass is 16.2. The highest BCUT2D eigenvalue weighted by Crippen LogP contribution is 2.19. The van der Waals surface area contributed by atoms with Crippen LogP contribution in [0.3, 0.4) is 0 Å². The van der Waals surface area contributed by atoms with Gasteiger partial charge >= 0.3 is 0 Å². The molecule has 4 nitrogen and oxygen atoms in total. The largest absolute Gasteiger partial charge is 0.352 e. The van der Waals surface area contributed by atoms with E-state index in [0.717, 1.165) is 5.56 Å². The fourth-order valence-electron chi connectivity index (χ4n) is 2.40. The van der Waals surface area contributed by atoms with E-state index in [4.69, 9.17) is 0 Å². The first-order valence-electron chi connectivity index (χ1n) is 6.91. The lowest BCUT2D eigenvalue weighted by atomic mass is 10.1. The van der Waals surface area contributed by atoms with E-state index >= 15 is 0 Å². The first-order chi connectivity index (χ1) is 9.69. The molecule has 1 N–H and O–H groups in total. The molecule has 0 radical (unpaired) electrons. The molecule has 1 saturated heterocycles. The normalized spacial score (nSPS) is 18.8. The molecule has 0 aliphatic carbocycles. The second-order valence-corrected chi connectivity index (χ2v) is 5.08. The van der Waals surface area contributed by atoms with Gasteiger partial charge in [0.1, 0.15) is 0 Å². The van der Waals surface area contributed by atoms with Gasteiger partial charge in [-0.1, -0.05) is 36.4 Å². The van der Waals surface area contributed by atoms with E-state index < -0.39 is 0 Å². The van der Waals surface area contributed by atoms with E-state index in [1.807, 2.05) is 35.2 Å². The number of hydrogen-bond donors (Lipinski definition) is 1. The molecule has 2 amide bonds. The number of amides is 2. The molecule has 0 saturated carbocycles. The van der Waals surface area contributed by atoms with Crippen LogP contribution in [0, 0.1) is 5.92 Å².